The van der Waals surface area contributed by atoms with Crippen LogP contribution in [0.15, 0.2) is 57.7 Å². The van der Waals surface area contributed by atoms with Gasteiger partial charge in [-0.3, -0.25) is 14.2 Å². The predicted molar refractivity (Wildman–Crippen MR) is 103 cm³/mol. The maximum Gasteiger partial charge on any atom is 0.419 e. The van der Waals surface area contributed by atoms with E-state index in [9.17, 15) is 14.4 Å². The number of carbonyl (C=O) groups is 2. The highest BCUT2D eigenvalue weighted by Gasteiger charge is 2.32. The lowest BCUT2D eigenvalue weighted by Gasteiger charge is -2.35. The number of amides is 2. The molecule has 2 aromatic carbocycles. The molecule has 1 aromatic heterocycles. The molecule has 0 aliphatic carbocycles. The fourth-order valence-corrected chi connectivity index (χ4v) is 3.80. The Hall–Kier alpha value is -3.35. The molecule has 144 valence electrons. The molecular weight excluding hydrogens is 358 g/mol. The van der Waals surface area contributed by atoms with Gasteiger partial charge in [0.25, 0.3) is 0 Å². The summed E-state index contributed by atoms with van der Waals surface area (Å²) >= 11 is 0. The Morgan fingerprint density at radius 1 is 1.07 bits per heavy atom. The van der Waals surface area contributed by atoms with Gasteiger partial charge in [-0.1, -0.05) is 36.4 Å². The van der Waals surface area contributed by atoms with Gasteiger partial charge in [0.1, 0.15) is 6.04 Å². The van der Waals surface area contributed by atoms with Crippen LogP contribution in [0.25, 0.3) is 11.1 Å². The SMILES string of the molecule is NC(=O)[C@H]1Cc2ccccc2CN1C(=O)CCCn1c(=O)oc2ccccc21. The maximum absolute atomic E-state index is 12.8. The molecule has 1 aliphatic heterocycles. The molecule has 2 amide bonds. The van der Waals surface area contributed by atoms with Crippen LogP contribution in [0.5, 0.6) is 0 Å². The van der Waals surface area contributed by atoms with Gasteiger partial charge in [0.15, 0.2) is 5.58 Å². The minimum Gasteiger partial charge on any atom is -0.408 e. The Bertz CT molecular complexity index is 1100. The predicted octanol–water partition coefficient (Wildman–Crippen LogP) is 1.81. The zero-order valence-electron chi connectivity index (χ0n) is 15.3. The number of nitrogens with zero attached hydrogens (tertiary/aromatic N) is 2. The van der Waals surface area contributed by atoms with Gasteiger partial charge in [0, 0.05) is 25.9 Å². The topological polar surface area (TPSA) is 98.5 Å². The van der Waals surface area contributed by atoms with Crippen molar-refractivity contribution in [1.29, 1.82) is 0 Å². The van der Waals surface area contributed by atoms with E-state index in [0.29, 0.717) is 37.0 Å². The summed E-state index contributed by atoms with van der Waals surface area (Å²) in [5.41, 5.74) is 8.87. The molecule has 2 heterocycles. The number of para-hydroxylation sites is 2. The van der Waals surface area contributed by atoms with Gasteiger partial charge < -0.3 is 15.1 Å². The summed E-state index contributed by atoms with van der Waals surface area (Å²) in [6, 6.07) is 14.3. The van der Waals surface area contributed by atoms with Crippen molar-refractivity contribution >= 4 is 22.9 Å². The summed E-state index contributed by atoms with van der Waals surface area (Å²) in [6.07, 6.45) is 1.12. The van der Waals surface area contributed by atoms with Crippen molar-refractivity contribution in [2.24, 2.45) is 5.73 Å². The van der Waals surface area contributed by atoms with Crippen LogP contribution in [0.1, 0.15) is 24.0 Å². The van der Waals surface area contributed by atoms with Crippen molar-refractivity contribution in [3.63, 3.8) is 0 Å². The molecule has 0 saturated heterocycles. The van der Waals surface area contributed by atoms with Crippen LogP contribution in [0, 0.1) is 0 Å². The number of rotatable bonds is 5. The zero-order chi connectivity index (χ0) is 19.7. The van der Waals surface area contributed by atoms with Gasteiger partial charge in [-0.2, -0.15) is 0 Å². The second-order valence-electron chi connectivity index (χ2n) is 7.00. The van der Waals surface area contributed by atoms with E-state index >= 15 is 0 Å². The summed E-state index contributed by atoms with van der Waals surface area (Å²) in [5.74, 6) is -1.07. The molecule has 7 nitrogen and oxygen atoms in total. The van der Waals surface area contributed by atoms with Gasteiger partial charge >= 0.3 is 5.76 Å². The van der Waals surface area contributed by atoms with Gasteiger partial charge in [0.05, 0.1) is 5.52 Å². The molecule has 0 spiro atoms. The molecular formula is C21H21N3O4. The molecule has 0 radical (unpaired) electrons. The van der Waals surface area contributed by atoms with Gasteiger partial charge in [-0.25, -0.2) is 4.79 Å². The van der Waals surface area contributed by atoms with Crippen LogP contribution >= 0.6 is 0 Å². The number of hydrogen-bond acceptors (Lipinski definition) is 4. The van der Waals surface area contributed by atoms with E-state index in [1.807, 2.05) is 36.4 Å². The molecule has 28 heavy (non-hydrogen) atoms. The highest BCUT2D eigenvalue weighted by atomic mass is 16.4. The van der Waals surface area contributed by atoms with E-state index in [1.165, 1.54) is 4.57 Å². The van der Waals surface area contributed by atoms with Crippen LogP contribution in [0.4, 0.5) is 0 Å². The highest BCUT2D eigenvalue weighted by Crippen LogP contribution is 2.24. The van der Waals surface area contributed by atoms with Crippen LogP contribution in [0.3, 0.4) is 0 Å². The number of primary amides is 1. The lowest BCUT2D eigenvalue weighted by Crippen LogP contribution is -2.51. The number of fused-ring (bicyclic) bond motifs is 2. The third-order valence-electron chi connectivity index (χ3n) is 5.24. The number of carbonyl (C=O) groups excluding carboxylic acids is 2. The van der Waals surface area contributed by atoms with Crippen molar-refractivity contribution in [2.45, 2.75) is 38.4 Å². The molecule has 0 bridgehead atoms. The lowest BCUT2D eigenvalue weighted by molar-refractivity contribution is -0.140. The van der Waals surface area contributed by atoms with Crippen molar-refractivity contribution in [1.82, 2.24) is 9.47 Å². The van der Waals surface area contributed by atoms with Crippen LogP contribution in [-0.4, -0.2) is 27.3 Å². The number of oxazole rings is 1. The van der Waals surface area contributed by atoms with Crippen LogP contribution in [0.2, 0.25) is 0 Å². The van der Waals surface area contributed by atoms with E-state index in [4.69, 9.17) is 10.2 Å². The zero-order valence-corrected chi connectivity index (χ0v) is 15.3. The Morgan fingerprint density at radius 3 is 2.57 bits per heavy atom. The first-order chi connectivity index (χ1) is 13.5. The Morgan fingerprint density at radius 2 is 1.79 bits per heavy atom. The van der Waals surface area contributed by atoms with Gasteiger partial charge in [-0.15, -0.1) is 0 Å². The molecule has 0 fully saturated rings. The molecule has 1 atom stereocenters. The minimum absolute atomic E-state index is 0.140. The summed E-state index contributed by atoms with van der Waals surface area (Å²) in [7, 11) is 0. The first-order valence-corrected chi connectivity index (χ1v) is 9.28. The molecule has 1 aliphatic rings. The van der Waals surface area contributed by atoms with Crippen LogP contribution in [-0.2, 0) is 29.1 Å². The fourth-order valence-electron chi connectivity index (χ4n) is 3.80. The Kier molecular flexibility index (Phi) is 4.73. The van der Waals surface area contributed by atoms with Crippen molar-refractivity contribution in [2.75, 3.05) is 0 Å². The molecule has 7 heteroatoms. The monoisotopic (exact) mass is 379 g/mol. The van der Waals surface area contributed by atoms with E-state index in [-0.39, 0.29) is 12.3 Å². The average Bonchev–Trinajstić information content (AvgIpc) is 3.02. The van der Waals surface area contributed by atoms with Crippen LogP contribution < -0.4 is 11.5 Å². The fraction of sp³-hybridized carbons (Fsp3) is 0.286. The number of nitrogens with two attached hydrogens (primary N) is 1. The first kappa shape index (κ1) is 18.0. The van der Waals surface area contributed by atoms with E-state index in [2.05, 4.69) is 0 Å². The third-order valence-corrected chi connectivity index (χ3v) is 5.24. The lowest BCUT2D eigenvalue weighted by atomic mass is 9.93. The van der Waals surface area contributed by atoms with E-state index < -0.39 is 17.7 Å². The smallest absolute Gasteiger partial charge is 0.408 e. The number of benzene rings is 2. The molecule has 2 N–H and O–H groups in total. The maximum atomic E-state index is 12.8. The normalized spacial score (nSPS) is 16.1. The van der Waals surface area contributed by atoms with Crippen molar-refractivity contribution < 1.29 is 14.0 Å². The standard InChI is InChI=1S/C21H21N3O4/c22-20(26)17-12-14-6-1-2-7-15(14)13-24(17)19(25)10-5-11-23-16-8-3-4-9-18(16)28-21(23)27/h1-4,6-9,17H,5,10-13H2,(H2,22,26)/t17-/m1/s1. The second kappa shape index (κ2) is 7.34. The van der Waals surface area contributed by atoms with E-state index in [0.717, 1.165) is 11.1 Å². The minimum atomic E-state index is -0.639. The summed E-state index contributed by atoms with van der Waals surface area (Å²) in [4.78, 5) is 38.3. The number of aromatic nitrogens is 1. The van der Waals surface area contributed by atoms with Gasteiger partial charge in [-0.05, 0) is 29.7 Å². The van der Waals surface area contributed by atoms with Gasteiger partial charge in [0.2, 0.25) is 11.8 Å². The number of aryl methyl sites for hydroxylation is 1. The first-order valence-electron chi connectivity index (χ1n) is 9.28. The molecule has 0 saturated carbocycles. The summed E-state index contributed by atoms with van der Waals surface area (Å²) in [5, 5.41) is 0. The molecule has 4 rings (SSSR count). The summed E-state index contributed by atoms with van der Waals surface area (Å²) < 4.78 is 6.74. The quantitative estimate of drug-likeness (QED) is 0.731. The highest BCUT2D eigenvalue weighted by molar-refractivity contribution is 5.87. The Balaban J connectivity index is 1.46. The van der Waals surface area contributed by atoms with E-state index in [1.54, 1.807) is 17.0 Å². The summed E-state index contributed by atoms with van der Waals surface area (Å²) in [6.45, 7) is 0.741. The Labute approximate surface area is 161 Å². The average molecular weight is 379 g/mol. The number of hydrogen-bond donors (Lipinski definition) is 1. The largest absolute Gasteiger partial charge is 0.419 e. The van der Waals surface area contributed by atoms with Crippen molar-refractivity contribution in [3.05, 3.63) is 70.2 Å². The van der Waals surface area contributed by atoms with Crippen molar-refractivity contribution in [3.8, 4) is 0 Å². The second-order valence-corrected chi connectivity index (χ2v) is 7.00. The molecule has 3 aromatic rings. The molecule has 0 unspecified atom stereocenters. The third kappa shape index (κ3) is 3.31.